The topological polar surface area (TPSA) is 112 Å². The first-order chi connectivity index (χ1) is 9.08. The highest BCUT2D eigenvalue weighted by molar-refractivity contribution is 7.07. The quantitative estimate of drug-likeness (QED) is 0.675. The van der Waals surface area contributed by atoms with Crippen molar-refractivity contribution in [2.75, 3.05) is 13.1 Å². The standard InChI is InChI=1S/C10H12N4O4S/c15-8-3-14(7(2-11-8)9(16)17)10(18)12-1-6-4-19-5-13-6/h4-5,7H,1-3H2,(H,11,15)(H,12,18)(H,16,17). The van der Waals surface area contributed by atoms with Crippen LogP contribution in [0.25, 0.3) is 0 Å². The number of nitrogens with one attached hydrogen (secondary N) is 2. The maximum Gasteiger partial charge on any atom is 0.328 e. The number of carboxylic acids is 1. The molecule has 0 aliphatic carbocycles. The van der Waals surface area contributed by atoms with Crippen LogP contribution >= 0.6 is 11.3 Å². The Labute approximate surface area is 112 Å². The molecule has 0 aromatic carbocycles. The molecule has 1 aromatic heterocycles. The van der Waals surface area contributed by atoms with Crippen LogP contribution in [0.2, 0.25) is 0 Å². The highest BCUT2D eigenvalue weighted by Crippen LogP contribution is 2.06. The van der Waals surface area contributed by atoms with Crippen LogP contribution in [-0.4, -0.2) is 52.0 Å². The zero-order chi connectivity index (χ0) is 13.8. The summed E-state index contributed by atoms with van der Waals surface area (Å²) < 4.78 is 0. The van der Waals surface area contributed by atoms with Crippen LogP contribution in [0, 0.1) is 0 Å². The molecule has 1 aromatic rings. The van der Waals surface area contributed by atoms with Gasteiger partial charge in [0.05, 0.1) is 17.7 Å². The number of nitrogens with zero attached hydrogens (tertiary/aromatic N) is 2. The maximum absolute atomic E-state index is 11.9. The zero-order valence-corrected chi connectivity index (χ0v) is 10.6. The second-order valence-corrected chi connectivity index (χ2v) is 4.64. The van der Waals surface area contributed by atoms with E-state index in [1.807, 2.05) is 0 Å². The number of carbonyl (C=O) groups excluding carboxylic acids is 2. The summed E-state index contributed by atoms with van der Waals surface area (Å²) in [6.07, 6.45) is 0. The van der Waals surface area contributed by atoms with Gasteiger partial charge in [-0.05, 0) is 0 Å². The van der Waals surface area contributed by atoms with Crippen molar-refractivity contribution in [3.05, 3.63) is 16.6 Å². The van der Waals surface area contributed by atoms with Crippen LogP contribution in [0.4, 0.5) is 4.79 Å². The first-order valence-electron chi connectivity index (χ1n) is 5.49. The fourth-order valence-corrected chi connectivity index (χ4v) is 2.23. The van der Waals surface area contributed by atoms with Gasteiger partial charge in [-0.1, -0.05) is 0 Å². The van der Waals surface area contributed by atoms with Crippen LogP contribution in [0.1, 0.15) is 5.69 Å². The van der Waals surface area contributed by atoms with E-state index < -0.39 is 18.0 Å². The highest BCUT2D eigenvalue weighted by Gasteiger charge is 2.35. The summed E-state index contributed by atoms with van der Waals surface area (Å²) in [6, 6.07) is -1.64. The second kappa shape index (κ2) is 5.65. The molecule has 1 atom stereocenters. The number of hydrogen-bond acceptors (Lipinski definition) is 5. The van der Waals surface area contributed by atoms with Crippen molar-refractivity contribution in [1.82, 2.24) is 20.5 Å². The summed E-state index contributed by atoms with van der Waals surface area (Å²) in [5, 5.41) is 15.8. The molecule has 1 fully saturated rings. The predicted octanol–water partition coefficient (Wildman–Crippen LogP) is -0.762. The molecule has 1 saturated heterocycles. The Bertz CT molecular complexity index is 490. The second-order valence-electron chi connectivity index (χ2n) is 3.92. The summed E-state index contributed by atoms with van der Waals surface area (Å²) in [5.74, 6) is -1.52. The lowest BCUT2D eigenvalue weighted by Crippen LogP contribution is -2.61. The normalized spacial score (nSPS) is 18.8. The third-order valence-electron chi connectivity index (χ3n) is 2.63. The third kappa shape index (κ3) is 3.19. The predicted molar refractivity (Wildman–Crippen MR) is 65.5 cm³/mol. The minimum Gasteiger partial charge on any atom is -0.480 e. The van der Waals surface area contributed by atoms with E-state index in [0.29, 0.717) is 5.69 Å². The van der Waals surface area contributed by atoms with Crippen LogP contribution in [-0.2, 0) is 16.1 Å². The fraction of sp³-hybridized carbons (Fsp3) is 0.400. The monoisotopic (exact) mass is 284 g/mol. The lowest BCUT2D eigenvalue weighted by molar-refractivity contribution is -0.144. The highest BCUT2D eigenvalue weighted by atomic mass is 32.1. The molecular weight excluding hydrogens is 272 g/mol. The van der Waals surface area contributed by atoms with E-state index in [1.54, 1.807) is 10.9 Å². The number of rotatable bonds is 3. The van der Waals surface area contributed by atoms with Crippen molar-refractivity contribution in [1.29, 1.82) is 0 Å². The number of thiazole rings is 1. The Morgan fingerprint density at radius 1 is 1.63 bits per heavy atom. The van der Waals surface area contributed by atoms with E-state index in [2.05, 4.69) is 15.6 Å². The summed E-state index contributed by atoms with van der Waals surface area (Å²) in [7, 11) is 0. The van der Waals surface area contributed by atoms with E-state index in [1.165, 1.54) is 11.3 Å². The Balaban J connectivity index is 1.98. The van der Waals surface area contributed by atoms with Gasteiger partial charge in [0.15, 0.2) is 0 Å². The molecule has 0 radical (unpaired) electrons. The molecule has 2 rings (SSSR count). The van der Waals surface area contributed by atoms with Gasteiger partial charge < -0.3 is 15.7 Å². The van der Waals surface area contributed by atoms with Gasteiger partial charge in [-0.25, -0.2) is 14.6 Å². The van der Waals surface area contributed by atoms with E-state index in [-0.39, 0.29) is 25.5 Å². The number of hydrogen-bond donors (Lipinski definition) is 3. The van der Waals surface area contributed by atoms with Crippen LogP contribution in [0.15, 0.2) is 10.9 Å². The van der Waals surface area contributed by atoms with Gasteiger partial charge in [-0.2, -0.15) is 0 Å². The molecule has 1 unspecified atom stereocenters. The molecule has 19 heavy (non-hydrogen) atoms. The molecule has 1 aliphatic rings. The summed E-state index contributed by atoms with van der Waals surface area (Å²) in [4.78, 5) is 39.2. The number of amides is 3. The van der Waals surface area contributed by atoms with Crippen molar-refractivity contribution in [2.45, 2.75) is 12.6 Å². The number of carboxylic acid groups (broad SMARTS) is 1. The molecular formula is C10H12N4O4S. The summed E-state index contributed by atoms with van der Waals surface area (Å²) in [5.41, 5.74) is 2.32. The number of aliphatic carboxylic acids is 1. The molecule has 2 heterocycles. The first-order valence-corrected chi connectivity index (χ1v) is 6.43. The minimum atomic E-state index is -1.15. The lowest BCUT2D eigenvalue weighted by Gasteiger charge is -2.32. The molecule has 102 valence electrons. The summed E-state index contributed by atoms with van der Waals surface area (Å²) >= 11 is 1.40. The van der Waals surface area contributed by atoms with E-state index in [4.69, 9.17) is 5.11 Å². The van der Waals surface area contributed by atoms with Crippen LogP contribution in [0.5, 0.6) is 0 Å². The molecule has 3 N–H and O–H groups in total. The van der Waals surface area contributed by atoms with E-state index >= 15 is 0 Å². The molecule has 0 spiro atoms. The molecule has 0 saturated carbocycles. The van der Waals surface area contributed by atoms with Crippen molar-refractivity contribution in [3.63, 3.8) is 0 Å². The number of carbonyl (C=O) groups is 3. The fourth-order valence-electron chi connectivity index (χ4n) is 1.67. The van der Waals surface area contributed by atoms with Crippen molar-refractivity contribution in [2.24, 2.45) is 0 Å². The van der Waals surface area contributed by atoms with Gasteiger partial charge in [-0.15, -0.1) is 11.3 Å². The van der Waals surface area contributed by atoms with Gasteiger partial charge in [-0.3, -0.25) is 9.69 Å². The van der Waals surface area contributed by atoms with E-state index in [9.17, 15) is 14.4 Å². The number of piperazine rings is 1. The maximum atomic E-state index is 11.9. The Hall–Kier alpha value is -2.16. The molecule has 1 aliphatic heterocycles. The van der Waals surface area contributed by atoms with Crippen molar-refractivity contribution in [3.8, 4) is 0 Å². The van der Waals surface area contributed by atoms with E-state index in [0.717, 1.165) is 4.90 Å². The average molecular weight is 284 g/mol. The first kappa shape index (κ1) is 13.3. The largest absolute Gasteiger partial charge is 0.480 e. The molecule has 0 bridgehead atoms. The van der Waals surface area contributed by atoms with Gasteiger partial charge >= 0.3 is 12.0 Å². The SMILES string of the molecule is O=C1CN(C(=O)NCc2cscn2)C(C(=O)O)CN1. The minimum absolute atomic E-state index is 0.0850. The molecule has 9 heteroatoms. The number of urea groups is 1. The molecule has 8 nitrogen and oxygen atoms in total. The Morgan fingerprint density at radius 2 is 2.42 bits per heavy atom. The van der Waals surface area contributed by atoms with Crippen molar-refractivity contribution >= 4 is 29.2 Å². The molecule has 3 amide bonds. The van der Waals surface area contributed by atoms with Crippen molar-refractivity contribution < 1.29 is 19.5 Å². The van der Waals surface area contributed by atoms with Gasteiger partial charge in [0, 0.05) is 11.9 Å². The lowest BCUT2D eigenvalue weighted by atomic mass is 10.2. The van der Waals surface area contributed by atoms with Gasteiger partial charge in [0.25, 0.3) is 0 Å². The number of aromatic nitrogens is 1. The zero-order valence-electron chi connectivity index (χ0n) is 9.83. The smallest absolute Gasteiger partial charge is 0.328 e. The van der Waals surface area contributed by atoms with Gasteiger partial charge in [0.2, 0.25) is 5.91 Å². The van der Waals surface area contributed by atoms with Crippen LogP contribution < -0.4 is 10.6 Å². The van der Waals surface area contributed by atoms with Crippen LogP contribution in [0.3, 0.4) is 0 Å². The Morgan fingerprint density at radius 3 is 3.05 bits per heavy atom. The third-order valence-corrected chi connectivity index (χ3v) is 3.27. The van der Waals surface area contributed by atoms with Gasteiger partial charge in [0.1, 0.15) is 12.6 Å². The average Bonchev–Trinajstić information content (AvgIpc) is 2.88. The Kier molecular flexibility index (Phi) is 3.95. The summed E-state index contributed by atoms with van der Waals surface area (Å²) in [6.45, 7) is -0.148.